The minimum Gasteiger partial charge on any atom is -0.360 e. The van der Waals surface area contributed by atoms with E-state index in [1.165, 1.54) is 6.33 Å². The van der Waals surface area contributed by atoms with Gasteiger partial charge >= 0.3 is 0 Å². The minimum atomic E-state index is -0.117. The number of carbonyl (C=O) groups excluding carboxylic acids is 1. The number of pyridine rings is 1. The predicted octanol–water partition coefficient (Wildman–Crippen LogP) is 4.19. The molecule has 172 valence electrons. The fourth-order valence-electron chi connectivity index (χ4n) is 3.91. The number of anilines is 3. The molecule has 0 atom stereocenters. The molecule has 1 fully saturated rings. The monoisotopic (exact) mass is 475 g/mol. The standard InChI is InChI=1S/C24H22ClN7O2/c1-16-22(23(30-34-16)17-6-2-3-7-18(17)25)24(33)32-12-10-31(11-13-32)21-14-20(27-15-28-21)29-19-8-4-5-9-26-19/h2-9,14-15H,10-13H2,1H3,(H,26,27,28,29). The summed E-state index contributed by atoms with van der Waals surface area (Å²) in [5.41, 5.74) is 1.60. The van der Waals surface area contributed by atoms with Crippen molar-refractivity contribution in [1.29, 1.82) is 0 Å². The summed E-state index contributed by atoms with van der Waals surface area (Å²) < 4.78 is 5.37. The van der Waals surface area contributed by atoms with Crippen LogP contribution in [-0.2, 0) is 0 Å². The van der Waals surface area contributed by atoms with Gasteiger partial charge in [0.25, 0.3) is 5.91 Å². The number of hydrogen-bond acceptors (Lipinski definition) is 8. The van der Waals surface area contributed by atoms with Gasteiger partial charge in [-0.15, -0.1) is 0 Å². The summed E-state index contributed by atoms with van der Waals surface area (Å²) in [6.07, 6.45) is 3.24. The first kappa shape index (κ1) is 21.8. The van der Waals surface area contributed by atoms with E-state index in [-0.39, 0.29) is 5.91 Å². The molecule has 0 aliphatic carbocycles. The zero-order valence-electron chi connectivity index (χ0n) is 18.5. The number of aromatic nitrogens is 4. The van der Waals surface area contributed by atoms with Gasteiger partial charge < -0.3 is 19.6 Å². The van der Waals surface area contributed by atoms with E-state index >= 15 is 0 Å². The summed E-state index contributed by atoms with van der Waals surface area (Å²) in [7, 11) is 0. The maximum Gasteiger partial charge on any atom is 0.259 e. The van der Waals surface area contributed by atoms with Crippen LogP contribution in [0.4, 0.5) is 17.5 Å². The molecule has 4 heterocycles. The van der Waals surface area contributed by atoms with Crippen molar-refractivity contribution in [3.8, 4) is 11.3 Å². The summed E-state index contributed by atoms with van der Waals surface area (Å²) in [5, 5.41) is 7.82. The van der Waals surface area contributed by atoms with Crippen LogP contribution in [0.3, 0.4) is 0 Å². The smallest absolute Gasteiger partial charge is 0.259 e. The fourth-order valence-corrected chi connectivity index (χ4v) is 4.14. The van der Waals surface area contributed by atoms with Gasteiger partial charge in [-0.25, -0.2) is 15.0 Å². The molecule has 1 aromatic carbocycles. The zero-order chi connectivity index (χ0) is 23.5. The van der Waals surface area contributed by atoms with Crippen LogP contribution in [0.25, 0.3) is 11.3 Å². The van der Waals surface area contributed by atoms with E-state index in [4.69, 9.17) is 16.1 Å². The molecule has 1 saturated heterocycles. The number of hydrogen-bond donors (Lipinski definition) is 1. The quantitative estimate of drug-likeness (QED) is 0.458. The molecular formula is C24H22ClN7O2. The van der Waals surface area contributed by atoms with E-state index in [1.807, 2.05) is 47.4 Å². The first-order valence-electron chi connectivity index (χ1n) is 10.9. The lowest BCUT2D eigenvalue weighted by molar-refractivity contribution is 0.0745. The number of carbonyl (C=O) groups is 1. The number of aryl methyl sites for hydroxylation is 1. The second-order valence-electron chi connectivity index (χ2n) is 7.82. The van der Waals surface area contributed by atoms with Gasteiger partial charge in [0.15, 0.2) is 0 Å². The average molecular weight is 476 g/mol. The highest BCUT2D eigenvalue weighted by molar-refractivity contribution is 6.33. The van der Waals surface area contributed by atoms with Gasteiger partial charge in [0.2, 0.25) is 0 Å². The highest BCUT2D eigenvalue weighted by Gasteiger charge is 2.29. The van der Waals surface area contributed by atoms with Gasteiger partial charge in [0.05, 0.1) is 5.02 Å². The average Bonchev–Trinajstić information content (AvgIpc) is 3.26. The molecule has 1 amide bonds. The zero-order valence-corrected chi connectivity index (χ0v) is 19.2. The van der Waals surface area contributed by atoms with E-state index in [0.717, 1.165) is 5.82 Å². The normalized spacial score (nSPS) is 13.7. The Kier molecular flexibility index (Phi) is 6.09. The Labute approximate surface area is 201 Å². The van der Waals surface area contributed by atoms with Gasteiger partial charge in [-0.3, -0.25) is 4.79 Å². The lowest BCUT2D eigenvalue weighted by Crippen LogP contribution is -2.49. The molecule has 0 saturated carbocycles. The molecule has 9 nitrogen and oxygen atoms in total. The summed E-state index contributed by atoms with van der Waals surface area (Å²) in [6.45, 7) is 4.10. The Morgan fingerprint density at radius 3 is 2.56 bits per heavy atom. The molecule has 1 N–H and O–H groups in total. The SMILES string of the molecule is Cc1onc(-c2ccccc2Cl)c1C(=O)N1CCN(c2cc(Nc3ccccn3)ncn2)CC1. The van der Waals surface area contributed by atoms with Crippen LogP contribution in [0, 0.1) is 6.92 Å². The number of benzene rings is 1. The van der Waals surface area contributed by atoms with Gasteiger partial charge in [0, 0.05) is 44.0 Å². The van der Waals surface area contributed by atoms with Crippen molar-refractivity contribution >= 4 is 35.0 Å². The van der Waals surface area contributed by atoms with Crippen molar-refractivity contribution < 1.29 is 9.32 Å². The van der Waals surface area contributed by atoms with Crippen molar-refractivity contribution in [3.05, 3.63) is 77.4 Å². The van der Waals surface area contributed by atoms with E-state index in [2.05, 4.69) is 30.3 Å². The lowest BCUT2D eigenvalue weighted by Gasteiger charge is -2.35. The lowest BCUT2D eigenvalue weighted by atomic mass is 10.0. The number of amides is 1. The molecule has 5 rings (SSSR count). The van der Waals surface area contributed by atoms with E-state index in [9.17, 15) is 4.79 Å². The van der Waals surface area contributed by atoms with Crippen LogP contribution in [0.2, 0.25) is 5.02 Å². The molecular weight excluding hydrogens is 454 g/mol. The molecule has 1 aliphatic heterocycles. The van der Waals surface area contributed by atoms with E-state index in [1.54, 1.807) is 19.2 Å². The van der Waals surface area contributed by atoms with Crippen molar-refractivity contribution in [3.63, 3.8) is 0 Å². The topological polar surface area (TPSA) is 100 Å². The molecule has 1 aliphatic rings. The number of nitrogens with zero attached hydrogens (tertiary/aromatic N) is 6. The third-order valence-electron chi connectivity index (χ3n) is 5.67. The Morgan fingerprint density at radius 1 is 1.00 bits per heavy atom. The molecule has 0 spiro atoms. The van der Waals surface area contributed by atoms with Crippen LogP contribution < -0.4 is 10.2 Å². The van der Waals surface area contributed by atoms with Crippen LogP contribution in [0.1, 0.15) is 16.1 Å². The van der Waals surface area contributed by atoms with Crippen LogP contribution >= 0.6 is 11.6 Å². The number of piperazine rings is 1. The molecule has 10 heteroatoms. The van der Waals surface area contributed by atoms with Crippen molar-refractivity contribution in [2.75, 3.05) is 36.4 Å². The van der Waals surface area contributed by atoms with Crippen LogP contribution in [0.15, 0.2) is 65.6 Å². The number of halogens is 1. The second kappa shape index (κ2) is 9.48. The maximum atomic E-state index is 13.4. The minimum absolute atomic E-state index is 0.117. The van der Waals surface area contributed by atoms with Gasteiger partial charge in [0.1, 0.15) is 40.8 Å². The van der Waals surface area contributed by atoms with E-state index < -0.39 is 0 Å². The van der Waals surface area contributed by atoms with Gasteiger partial charge in [-0.1, -0.05) is 41.0 Å². The molecule has 0 bridgehead atoms. The maximum absolute atomic E-state index is 13.4. The molecule has 0 unspecified atom stereocenters. The highest BCUT2D eigenvalue weighted by Crippen LogP contribution is 2.32. The number of rotatable bonds is 5. The third kappa shape index (κ3) is 4.42. The van der Waals surface area contributed by atoms with Crippen molar-refractivity contribution in [2.45, 2.75) is 6.92 Å². The van der Waals surface area contributed by atoms with Gasteiger partial charge in [-0.05, 0) is 25.1 Å². The van der Waals surface area contributed by atoms with Gasteiger partial charge in [-0.2, -0.15) is 0 Å². The van der Waals surface area contributed by atoms with Crippen LogP contribution in [0.5, 0.6) is 0 Å². The second-order valence-corrected chi connectivity index (χ2v) is 8.23. The summed E-state index contributed by atoms with van der Waals surface area (Å²) in [6, 6.07) is 14.8. The highest BCUT2D eigenvalue weighted by atomic mass is 35.5. The Morgan fingerprint density at radius 2 is 1.79 bits per heavy atom. The van der Waals surface area contributed by atoms with Crippen molar-refractivity contribution in [1.82, 2.24) is 25.0 Å². The van der Waals surface area contributed by atoms with Crippen LogP contribution in [-0.4, -0.2) is 57.1 Å². The fraction of sp³-hybridized carbons (Fsp3) is 0.208. The number of nitrogens with one attached hydrogen (secondary N) is 1. The Balaban J connectivity index is 1.29. The predicted molar refractivity (Wildman–Crippen MR) is 129 cm³/mol. The first-order valence-corrected chi connectivity index (χ1v) is 11.2. The molecule has 34 heavy (non-hydrogen) atoms. The Hall–Kier alpha value is -3.98. The summed E-state index contributed by atoms with van der Waals surface area (Å²) in [5.74, 6) is 2.52. The summed E-state index contributed by atoms with van der Waals surface area (Å²) in [4.78, 5) is 30.3. The Bertz CT molecular complexity index is 1300. The first-order chi connectivity index (χ1) is 16.6. The van der Waals surface area contributed by atoms with E-state index in [0.29, 0.717) is 65.4 Å². The molecule has 3 aromatic heterocycles. The molecule has 0 radical (unpaired) electrons. The van der Waals surface area contributed by atoms with Crippen molar-refractivity contribution in [2.24, 2.45) is 0 Å². The molecule has 4 aromatic rings. The third-order valence-corrected chi connectivity index (χ3v) is 6.00. The largest absolute Gasteiger partial charge is 0.360 e. The summed E-state index contributed by atoms with van der Waals surface area (Å²) >= 11 is 6.35.